The molecule has 200 valence electrons. The fourth-order valence-corrected chi connectivity index (χ4v) is 5.97. The van der Waals surface area contributed by atoms with E-state index in [1.807, 2.05) is 12.1 Å². The first-order chi connectivity index (χ1) is 18.6. The highest BCUT2D eigenvalue weighted by Gasteiger charge is 2.26. The van der Waals surface area contributed by atoms with Crippen molar-refractivity contribution in [3.8, 4) is 34.8 Å². The van der Waals surface area contributed by atoms with Gasteiger partial charge in [-0.15, -0.1) is 0 Å². The van der Waals surface area contributed by atoms with E-state index in [-0.39, 0.29) is 44.5 Å². The quantitative estimate of drug-likeness (QED) is 0.444. The number of nitriles is 2. The summed E-state index contributed by atoms with van der Waals surface area (Å²) in [6.07, 6.45) is 2.66. The molecule has 0 bridgehead atoms. The molecule has 0 spiro atoms. The third-order valence-electron chi connectivity index (χ3n) is 6.56. The summed E-state index contributed by atoms with van der Waals surface area (Å²) in [5.74, 6) is -0.357. The van der Waals surface area contributed by atoms with Crippen molar-refractivity contribution in [3.63, 3.8) is 0 Å². The van der Waals surface area contributed by atoms with Gasteiger partial charge in [-0.3, -0.25) is 4.79 Å². The number of hydrogen-bond donors (Lipinski definition) is 2. The lowest BCUT2D eigenvalue weighted by Crippen LogP contribution is -2.35. The number of rotatable bonds is 6. The van der Waals surface area contributed by atoms with Crippen LogP contribution in [0.3, 0.4) is 0 Å². The van der Waals surface area contributed by atoms with Crippen molar-refractivity contribution in [3.05, 3.63) is 69.5 Å². The molecule has 0 saturated carbocycles. The van der Waals surface area contributed by atoms with Crippen LogP contribution in [0.25, 0.3) is 11.1 Å². The second-order valence-corrected chi connectivity index (χ2v) is 10.8. The number of nitrogens with two attached hydrogens (primary N) is 1. The van der Waals surface area contributed by atoms with Gasteiger partial charge >= 0.3 is 0 Å². The molecule has 4 rings (SSSR count). The lowest BCUT2D eigenvalue weighted by atomic mass is 9.96. The lowest BCUT2D eigenvalue weighted by Gasteiger charge is -2.25. The smallest absolute Gasteiger partial charge is 0.291 e. The van der Waals surface area contributed by atoms with E-state index in [0.717, 1.165) is 23.9 Å². The number of methoxy groups -OCH3 is 1. The standard InChI is InChI=1S/C27H26N6O5S/c1-17(18-6-9-20(10-7-18)39(36,37)32-12-4-3-5-13-32)31-33-26(30)21(15-28)25(22(16-29)27(33)35)19-8-11-23(34)24(14-19)38-2/h6-11,14,34H,3-5,12-13,30H2,1-2H3/b31-17+. The Morgan fingerprint density at radius 1 is 1.05 bits per heavy atom. The molecule has 1 fully saturated rings. The molecule has 0 amide bonds. The number of hydrogen-bond acceptors (Lipinski definition) is 9. The maximum atomic E-state index is 13.3. The minimum Gasteiger partial charge on any atom is -0.504 e. The largest absolute Gasteiger partial charge is 0.504 e. The zero-order valence-corrected chi connectivity index (χ0v) is 22.2. The number of sulfonamides is 1. The molecule has 1 aromatic heterocycles. The number of aromatic nitrogens is 1. The van der Waals surface area contributed by atoms with Gasteiger partial charge in [-0.05, 0) is 55.2 Å². The van der Waals surface area contributed by atoms with Gasteiger partial charge < -0.3 is 15.6 Å². The van der Waals surface area contributed by atoms with E-state index in [2.05, 4.69) is 5.10 Å². The number of phenolic OH excluding ortho intramolecular Hbond substituents is 1. The van der Waals surface area contributed by atoms with Gasteiger partial charge in [-0.2, -0.15) is 24.6 Å². The maximum Gasteiger partial charge on any atom is 0.291 e. The number of nitrogens with zero attached hydrogens (tertiary/aromatic N) is 5. The van der Waals surface area contributed by atoms with Gasteiger partial charge in [0.1, 0.15) is 29.1 Å². The van der Waals surface area contributed by atoms with Gasteiger partial charge in [0, 0.05) is 18.7 Å². The van der Waals surface area contributed by atoms with Gasteiger partial charge in [0.15, 0.2) is 11.5 Å². The molecule has 2 aromatic carbocycles. The highest BCUT2D eigenvalue weighted by atomic mass is 32.2. The van der Waals surface area contributed by atoms with Crippen LogP contribution in [0.5, 0.6) is 11.5 Å². The number of piperidine rings is 1. The topological polar surface area (TPSA) is 175 Å². The van der Waals surface area contributed by atoms with Crippen molar-refractivity contribution >= 4 is 21.6 Å². The summed E-state index contributed by atoms with van der Waals surface area (Å²) in [7, 11) is -2.27. The first-order valence-electron chi connectivity index (χ1n) is 12.1. The van der Waals surface area contributed by atoms with Crippen LogP contribution in [0.15, 0.2) is 57.3 Å². The Morgan fingerprint density at radius 2 is 1.69 bits per heavy atom. The molecule has 0 aliphatic carbocycles. The molecule has 0 unspecified atom stereocenters. The predicted octanol–water partition coefficient (Wildman–Crippen LogP) is 3.00. The summed E-state index contributed by atoms with van der Waals surface area (Å²) >= 11 is 0. The Labute approximate surface area is 225 Å². The zero-order chi connectivity index (χ0) is 28.3. The molecule has 3 N–H and O–H groups in total. The summed E-state index contributed by atoms with van der Waals surface area (Å²) in [5, 5.41) is 33.9. The van der Waals surface area contributed by atoms with Crippen LogP contribution >= 0.6 is 0 Å². The Morgan fingerprint density at radius 3 is 2.28 bits per heavy atom. The Bertz CT molecular complexity index is 1710. The number of nitrogen functional groups attached to an aromatic ring is 1. The first kappa shape index (κ1) is 27.4. The highest BCUT2D eigenvalue weighted by molar-refractivity contribution is 7.89. The summed E-state index contributed by atoms with van der Waals surface area (Å²) in [4.78, 5) is 13.5. The maximum absolute atomic E-state index is 13.3. The number of anilines is 1. The van der Waals surface area contributed by atoms with Crippen LogP contribution < -0.4 is 16.0 Å². The first-order valence-corrected chi connectivity index (χ1v) is 13.5. The molecule has 3 aromatic rings. The molecule has 0 radical (unpaired) electrons. The second-order valence-electron chi connectivity index (χ2n) is 8.91. The molecule has 1 aliphatic rings. The predicted molar refractivity (Wildman–Crippen MR) is 145 cm³/mol. The summed E-state index contributed by atoms with van der Waals surface area (Å²) in [6, 6.07) is 14.0. The number of phenols is 1. The fraction of sp³-hybridized carbons (Fsp3) is 0.259. The van der Waals surface area contributed by atoms with Crippen molar-refractivity contribution in [2.24, 2.45) is 5.10 Å². The monoisotopic (exact) mass is 546 g/mol. The minimum atomic E-state index is -3.61. The van der Waals surface area contributed by atoms with Crippen LogP contribution in [0.4, 0.5) is 5.82 Å². The van der Waals surface area contributed by atoms with E-state index in [0.29, 0.717) is 24.4 Å². The van der Waals surface area contributed by atoms with Crippen molar-refractivity contribution in [1.29, 1.82) is 10.5 Å². The molecule has 39 heavy (non-hydrogen) atoms. The van der Waals surface area contributed by atoms with Gasteiger partial charge in [-0.1, -0.05) is 24.6 Å². The van der Waals surface area contributed by atoms with Gasteiger partial charge in [0.2, 0.25) is 10.0 Å². The Hall–Kier alpha value is -4.65. The Balaban J connectivity index is 1.78. The van der Waals surface area contributed by atoms with E-state index in [1.165, 1.54) is 41.7 Å². The van der Waals surface area contributed by atoms with Gasteiger partial charge in [-0.25, -0.2) is 8.42 Å². The number of aromatic hydroxyl groups is 1. The minimum absolute atomic E-state index is 0.00262. The zero-order valence-electron chi connectivity index (χ0n) is 21.4. The number of benzene rings is 2. The molecular formula is C27H26N6O5S. The molecule has 1 saturated heterocycles. The lowest BCUT2D eigenvalue weighted by molar-refractivity contribution is 0.346. The molecule has 0 atom stereocenters. The van der Waals surface area contributed by atoms with E-state index >= 15 is 0 Å². The van der Waals surface area contributed by atoms with Crippen LogP contribution in [0.2, 0.25) is 0 Å². The molecule has 2 heterocycles. The van der Waals surface area contributed by atoms with Crippen molar-refractivity contribution in [1.82, 2.24) is 8.98 Å². The van der Waals surface area contributed by atoms with Crippen LogP contribution in [0, 0.1) is 22.7 Å². The van der Waals surface area contributed by atoms with E-state index in [4.69, 9.17) is 10.5 Å². The van der Waals surface area contributed by atoms with E-state index < -0.39 is 15.6 Å². The molecule has 11 nitrogen and oxygen atoms in total. The average molecular weight is 547 g/mol. The summed E-state index contributed by atoms with van der Waals surface area (Å²) in [5.41, 5.74) is 5.93. The highest BCUT2D eigenvalue weighted by Crippen LogP contribution is 2.35. The fourth-order valence-electron chi connectivity index (χ4n) is 4.45. The second kappa shape index (κ2) is 11.0. The number of ether oxygens (including phenoxy) is 1. The molecular weight excluding hydrogens is 520 g/mol. The van der Waals surface area contributed by atoms with Crippen LogP contribution in [0.1, 0.15) is 42.9 Å². The van der Waals surface area contributed by atoms with E-state index in [9.17, 15) is 28.8 Å². The molecule has 1 aliphatic heterocycles. The third kappa shape index (κ3) is 5.08. The SMILES string of the molecule is COc1cc(-c2c(C#N)c(N)n(/N=C(\C)c3ccc(S(=O)(=O)N4CCCCC4)cc3)c(=O)c2C#N)ccc1O. The van der Waals surface area contributed by atoms with Crippen molar-refractivity contribution in [2.45, 2.75) is 31.1 Å². The normalized spacial score (nSPS) is 14.4. The summed E-state index contributed by atoms with van der Waals surface area (Å²) < 4.78 is 33.3. The van der Waals surface area contributed by atoms with Gasteiger partial charge in [0.25, 0.3) is 5.56 Å². The van der Waals surface area contributed by atoms with Gasteiger partial charge in [0.05, 0.1) is 17.7 Å². The third-order valence-corrected chi connectivity index (χ3v) is 8.47. The Kier molecular flexibility index (Phi) is 7.72. The average Bonchev–Trinajstić information content (AvgIpc) is 2.95. The van der Waals surface area contributed by atoms with Crippen molar-refractivity contribution in [2.75, 3.05) is 25.9 Å². The van der Waals surface area contributed by atoms with E-state index in [1.54, 1.807) is 19.1 Å². The van der Waals surface area contributed by atoms with Crippen LogP contribution in [-0.4, -0.2) is 48.4 Å². The number of pyridine rings is 1. The molecule has 12 heteroatoms. The summed E-state index contributed by atoms with van der Waals surface area (Å²) in [6.45, 7) is 2.57. The van der Waals surface area contributed by atoms with Crippen molar-refractivity contribution < 1.29 is 18.3 Å². The van der Waals surface area contributed by atoms with Crippen LogP contribution in [-0.2, 0) is 10.0 Å².